The van der Waals surface area contributed by atoms with E-state index in [1.54, 1.807) is 31.3 Å². The Kier molecular flexibility index (Phi) is 4.01. The van der Waals surface area contributed by atoms with Gasteiger partial charge in [-0.1, -0.05) is 29.5 Å². The molecule has 2 aromatic carbocycles. The third-order valence-corrected chi connectivity index (χ3v) is 3.39. The van der Waals surface area contributed by atoms with Crippen molar-refractivity contribution in [1.29, 1.82) is 0 Å². The Morgan fingerprint density at radius 2 is 1.83 bits per heavy atom. The van der Waals surface area contributed by atoms with Crippen LogP contribution in [0.1, 0.15) is 10.4 Å². The monoisotopic (exact) mass is 309 g/mol. The summed E-state index contributed by atoms with van der Waals surface area (Å²) < 4.78 is 1.52. The molecule has 1 heterocycles. The van der Waals surface area contributed by atoms with Crippen LogP contribution in [-0.2, 0) is 11.3 Å². The topological polar surface area (TPSA) is 88.9 Å². The van der Waals surface area contributed by atoms with Gasteiger partial charge >= 0.3 is 0 Å². The Morgan fingerprint density at radius 1 is 1.09 bits per heavy atom. The van der Waals surface area contributed by atoms with Crippen molar-refractivity contribution >= 4 is 28.5 Å². The highest BCUT2D eigenvalue weighted by atomic mass is 16.2. The van der Waals surface area contributed by atoms with Crippen molar-refractivity contribution in [1.82, 2.24) is 20.3 Å². The molecule has 116 valence electrons. The van der Waals surface area contributed by atoms with Crippen LogP contribution in [0, 0.1) is 0 Å². The Morgan fingerprint density at radius 3 is 2.65 bits per heavy atom. The second kappa shape index (κ2) is 6.27. The number of anilines is 1. The van der Waals surface area contributed by atoms with Crippen LogP contribution >= 0.6 is 0 Å². The van der Waals surface area contributed by atoms with E-state index in [0.29, 0.717) is 11.3 Å². The number of benzene rings is 2. The first-order valence-corrected chi connectivity index (χ1v) is 7.08. The average Bonchev–Trinajstić information content (AvgIpc) is 2.98. The Hall–Kier alpha value is -3.22. The fourth-order valence-corrected chi connectivity index (χ4v) is 2.28. The zero-order valence-electron chi connectivity index (χ0n) is 12.5. The van der Waals surface area contributed by atoms with E-state index in [2.05, 4.69) is 20.9 Å². The number of carbonyl (C=O) groups excluding carboxylic acids is 2. The maximum absolute atomic E-state index is 12.3. The second-order valence-electron chi connectivity index (χ2n) is 4.91. The molecule has 0 spiro atoms. The molecule has 0 saturated heterocycles. The molecule has 0 saturated carbocycles. The fraction of sp³-hybridized carbons (Fsp3) is 0.125. The summed E-state index contributed by atoms with van der Waals surface area (Å²) in [6.07, 6.45) is 0. The summed E-state index contributed by atoms with van der Waals surface area (Å²) in [6.45, 7) is 0.0165. The number of aromatic nitrogens is 3. The van der Waals surface area contributed by atoms with E-state index in [9.17, 15) is 9.59 Å². The number of hydrogen-bond acceptors (Lipinski definition) is 4. The van der Waals surface area contributed by atoms with Gasteiger partial charge in [-0.2, -0.15) is 0 Å². The van der Waals surface area contributed by atoms with Gasteiger partial charge < -0.3 is 10.6 Å². The van der Waals surface area contributed by atoms with Crippen LogP contribution in [0.3, 0.4) is 0 Å². The lowest BCUT2D eigenvalue weighted by atomic mass is 10.1. The van der Waals surface area contributed by atoms with Crippen molar-refractivity contribution in [3.8, 4) is 0 Å². The summed E-state index contributed by atoms with van der Waals surface area (Å²) in [5.74, 6) is -0.538. The van der Waals surface area contributed by atoms with Gasteiger partial charge in [0.2, 0.25) is 5.91 Å². The average molecular weight is 309 g/mol. The molecule has 3 aromatic rings. The molecule has 7 nitrogen and oxygen atoms in total. The Bertz CT molecular complexity index is 872. The second-order valence-corrected chi connectivity index (χ2v) is 4.91. The van der Waals surface area contributed by atoms with E-state index >= 15 is 0 Å². The number of nitrogens with zero attached hydrogens (tertiary/aromatic N) is 3. The van der Waals surface area contributed by atoms with Crippen LogP contribution in [-0.4, -0.2) is 33.9 Å². The molecule has 23 heavy (non-hydrogen) atoms. The van der Waals surface area contributed by atoms with E-state index in [4.69, 9.17) is 0 Å². The molecule has 0 aliphatic rings. The molecule has 0 aliphatic carbocycles. The van der Waals surface area contributed by atoms with Crippen molar-refractivity contribution in [3.63, 3.8) is 0 Å². The number of nitrogens with one attached hydrogen (secondary N) is 2. The highest BCUT2D eigenvalue weighted by Gasteiger charge is 2.13. The zero-order chi connectivity index (χ0) is 16.2. The molecule has 1 aromatic heterocycles. The van der Waals surface area contributed by atoms with Crippen LogP contribution < -0.4 is 10.6 Å². The third-order valence-electron chi connectivity index (χ3n) is 3.39. The molecule has 0 unspecified atom stereocenters. The number of carbonyl (C=O) groups is 2. The van der Waals surface area contributed by atoms with Gasteiger partial charge in [-0.15, -0.1) is 5.10 Å². The SMILES string of the molecule is CNC(=O)c1ccccc1NC(=O)Cn1nnc2ccccc21. The first-order chi connectivity index (χ1) is 11.2. The highest BCUT2D eigenvalue weighted by Crippen LogP contribution is 2.15. The van der Waals surface area contributed by atoms with Gasteiger partial charge in [-0.3, -0.25) is 9.59 Å². The number of amides is 2. The van der Waals surface area contributed by atoms with Gasteiger partial charge in [0.15, 0.2) is 0 Å². The van der Waals surface area contributed by atoms with Crippen molar-refractivity contribution in [2.24, 2.45) is 0 Å². The molecular formula is C16H15N5O2. The molecule has 2 amide bonds. The number of hydrogen-bond donors (Lipinski definition) is 2. The molecule has 3 rings (SSSR count). The molecule has 0 aliphatic heterocycles. The molecular weight excluding hydrogens is 294 g/mol. The van der Waals surface area contributed by atoms with Crippen LogP contribution in [0.25, 0.3) is 11.0 Å². The van der Waals surface area contributed by atoms with E-state index in [-0.39, 0.29) is 18.4 Å². The summed E-state index contributed by atoms with van der Waals surface area (Å²) in [5.41, 5.74) is 2.38. The van der Waals surface area contributed by atoms with Crippen molar-refractivity contribution < 1.29 is 9.59 Å². The van der Waals surface area contributed by atoms with Crippen molar-refractivity contribution in [2.45, 2.75) is 6.54 Å². The minimum Gasteiger partial charge on any atom is -0.355 e. The quantitative estimate of drug-likeness (QED) is 0.763. The molecule has 2 N–H and O–H groups in total. The summed E-state index contributed by atoms with van der Waals surface area (Å²) >= 11 is 0. The van der Waals surface area contributed by atoms with Gasteiger partial charge in [0.25, 0.3) is 5.91 Å². The lowest BCUT2D eigenvalue weighted by Gasteiger charge is -2.10. The minimum absolute atomic E-state index is 0.0165. The summed E-state index contributed by atoms with van der Waals surface area (Å²) in [4.78, 5) is 24.1. The predicted octanol–water partition coefficient (Wildman–Crippen LogP) is 1.43. The van der Waals surface area contributed by atoms with Gasteiger partial charge in [-0.05, 0) is 24.3 Å². The maximum atomic E-state index is 12.3. The number of fused-ring (bicyclic) bond motifs is 1. The standard InChI is InChI=1S/C16H15N5O2/c1-17-16(23)11-6-2-3-7-12(11)18-15(22)10-21-14-9-5-4-8-13(14)19-20-21/h2-9H,10H2,1H3,(H,17,23)(H,18,22). The van der Waals surface area contributed by atoms with Gasteiger partial charge in [0.05, 0.1) is 16.8 Å². The van der Waals surface area contributed by atoms with Crippen LogP contribution in [0.2, 0.25) is 0 Å². The summed E-state index contributed by atoms with van der Waals surface area (Å²) in [5, 5.41) is 13.3. The minimum atomic E-state index is -0.281. The lowest BCUT2D eigenvalue weighted by molar-refractivity contribution is -0.116. The smallest absolute Gasteiger partial charge is 0.253 e. The third kappa shape index (κ3) is 3.03. The van der Waals surface area contributed by atoms with Crippen molar-refractivity contribution in [3.05, 3.63) is 54.1 Å². The first-order valence-electron chi connectivity index (χ1n) is 7.08. The molecule has 7 heteroatoms. The maximum Gasteiger partial charge on any atom is 0.253 e. The summed E-state index contributed by atoms with van der Waals surface area (Å²) in [7, 11) is 1.54. The van der Waals surface area contributed by atoms with Crippen molar-refractivity contribution in [2.75, 3.05) is 12.4 Å². The van der Waals surface area contributed by atoms with E-state index in [0.717, 1.165) is 11.0 Å². The lowest BCUT2D eigenvalue weighted by Crippen LogP contribution is -2.23. The van der Waals surface area contributed by atoms with Gasteiger partial charge in [-0.25, -0.2) is 4.68 Å². The molecule has 0 bridgehead atoms. The van der Waals surface area contributed by atoms with Crippen LogP contribution in [0.4, 0.5) is 5.69 Å². The Labute approximate surface area is 132 Å². The van der Waals surface area contributed by atoms with Gasteiger partial charge in [0, 0.05) is 7.05 Å². The van der Waals surface area contributed by atoms with E-state index in [1.165, 1.54) is 4.68 Å². The van der Waals surface area contributed by atoms with Crippen LogP contribution in [0.15, 0.2) is 48.5 Å². The predicted molar refractivity (Wildman–Crippen MR) is 86.0 cm³/mol. The highest BCUT2D eigenvalue weighted by molar-refractivity contribution is 6.03. The molecule has 0 fully saturated rings. The van der Waals surface area contributed by atoms with Crippen LogP contribution in [0.5, 0.6) is 0 Å². The largest absolute Gasteiger partial charge is 0.355 e. The Balaban J connectivity index is 1.79. The molecule has 0 atom stereocenters. The van der Waals surface area contributed by atoms with E-state index in [1.807, 2.05) is 24.3 Å². The number of para-hydroxylation sites is 2. The summed E-state index contributed by atoms with van der Waals surface area (Å²) in [6, 6.07) is 14.2. The molecule has 0 radical (unpaired) electrons. The van der Waals surface area contributed by atoms with Gasteiger partial charge in [0.1, 0.15) is 12.1 Å². The van der Waals surface area contributed by atoms with E-state index < -0.39 is 0 Å². The number of rotatable bonds is 4. The fourth-order valence-electron chi connectivity index (χ4n) is 2.28. The first kappa shape index (κ1) is 14.7. The normalized spacial score (nSPS) is 10.5. The zero-order valence-corrected chi connectivity index (χ0v) is 12.5.